The van der Waals surface area contributed by atoms with Gasteiger partial charge in [0.05, 0.1) is 6.04 Å². The Balaban J connectivity index is 1.31. The van der Waals surface area contributed by atoms with Gasteiger partial charge in [0.1, 0.15) is 6.04 Å². The van der Waals surface area contributed by atoms with Crippen LogP contribution in [0.4, 0.5) is 0 Å². The number of carbonyl (C=O) groups excluding carboxylic acids is 2. The van der Waals surface area contributed by atoms with Crippen LogP contribution in [0.5, 0.6) is 0 Å². The van der Waals surface area contributed by atoms with Gasteiger partial charge in [0.2, 0.25) is 11.8 Å². The van der Waals surface area contributed by atoms with E-state index < -0.39 is 0 Å². The van der Waals surface area contributed by atoms with Crippen LogP contribution in [0, 0.1) is 17.8 Å². The molecule has 1 aliphatic heterocycles. The number of amides is 2. The molecule has 5 nitrogen and oxygen atoms in total. The summed E-state index contributed by atoms with van der Waals surface area (Å²) in [5, 5.41) is 3.12. The molecule has 3 fully saturated rings. The van der Waals surface area contributed by atoms with Crippen molar-refractivity contribution in [2.24, 2.45) is 17.8 Å². The molecule has 0 spiro atoms. The maximum Gasteiger partial charge on any atom is 0.242 e. The summed E-state index contributed by atoms with van der Waals surface area (Å²) in [5.41, 5.74) is 0.989. The number of rotatable bonds is 5. The van der Waals surface area contributed by atoms with E-state index in [-0.39, 0.29) is 23.9 Å². The second-order valence-corrected chi connectivity index (χ2v) is 8.07. The topological polar surface area (TPSA) is 52.7 Å². The molecule has 2 amide bonds. The largest absolute Gasteiger partial charge is 0.348 e. The Morgan fingerprint density at radius 1 is 1.16 bits per heavy atom. The van der Waals surface area contributed by atoms with Gasteiger partial charge in [0, 0.05) is 19.0 Å². The van der Waals surface area contributed by atoms with Gasteiger partial charge in [-0.15, -0.1) is 0 Å². The van der Waals surface area contributed by atoms with Crippen molar-refractivity contribution in [2.45, 2.75) is 31.3 Å². The van der Waals surface area contributed by atoms with E-state index in [9.17, 15) is 9.59 Å². The van der Waals surface area contributed by atoms with Crippen LogP contribution in [0.3, 0.4) is 0 Å². The number of nitrogens with zero attached hydrogens (tertiary/aromatic N) is 2. The van der Waals surface area contributed by atoms with Crippen molar-refractivity contribution < 1.29 is 9.59 Å². The number of fused-ring (bicyclic) bond motifs is 1. The van der Waals surface area contributed by atoms with Crippen molar-refractivity contribution in [1.29, 1.82) is 0 Å². The zero-order chi connectivity index (χ0) is 17.6. The van der Waals surface area contributed by atoms with Crippen molar-refractivity contribution in [3.63, 3.8) is 0 Å². The van der Waals surface area contributed by atoms with Crippen LogP contribution >= 0.6 is 0 Å². The van der Waals surface area contributed by atoms with Gasteiger partial charge in [-0.25, -0.2) is 0 Å². The summed E-state index contributed by atoms with van der Waals surface area (Å²) in [5.74, 6) is 2.09. The van der Waals surface area contributed by atoms with E-state index in [4.69, 9.17) is 0 Å². The Bertz CT molecular complexity index is 654. The molecular formula is C20H27N3O2. The molecule has 25 heavy (non-hydrogen) atoms. The van der Waals surface area contributed by atoms with Gasteiger partial charge in [-0.2, -0.15) is 0 Å². The number of carbonyl (C=O) groups is 2. The number of nitrogens with one attached hydrogen (secondary N) is 1. The molecule has 1 unspecified atom stereocenters. The molecule has 1 heterocycles. The summed E-state index contributed by atoms with van der Waals surface area (Å²) in [6, 6.07) is 9.61. The number of hydrogen-bond donors (Lipinski definition) is 1. The van der Waals surface area contributed by atoms with Crippen LogP contribution in [0.1, 0.15) is 30.9 Å². The summed E-state index contributed by atoms with van der Waals surface area (Å²) in [6.07, 6.45) is 3.56. The van der Waals surface area contributed by atoms with E-state index in [0.717, 1.165) is 17.9 Å². The van der Waals surface area contributed by atoms with Gasteiger partial charge < -0.3 is 10.2 Å². The predicted octanol–water partition coefficient (Wildman–Crippen LogP) is 1.66. The highest BCUT2D eigenvalue weighted by Crippen LogP contribution is 2.55. The summed E-state index contributed by atoms with van der Waals surface area (Å²) >= 11 is 0. The summed E-state index contributed by atoms with van der Waals surface area (Å²) in [4.78, 5) is 29.2. The molecule has 1 N–H and O–H groups in total. The SMILES string of the molecule is CN(C)C(C(=O)NC1CN(C(=O)[C@@H]2CC[C@@H]3C[C@@H]32)C1)c1ccccc1. The molecule has 5 heteroatoms. The number of benzene rings is 1. The molecule has 134 valence electrons. The van der Waals surface area contributed by atoms with Crippen LogP contribution in [0.2, 0.25) is 0 Å². The maximum atomic E-state index is 12.7. The minimum Gasteiger partial charge on any atom is -0.348 e. The van der Waals surface area contributed by atoms with Crippen molar-refractivity contribution in [3.05, 3.63) is 35.9 Å². The van der Waals surface area contributed by atoms with Gasteiger partial charge in [0.25, 0.3) is 0 Å². The van der Waals surface area contributed by atoms with Crippen molar-refractivity contribution in [3.8, 4) is 0 Å². The normalized spacial score (nSPS) is 29.1. The molecule has 4 atom stereocenters. The van der Waals surface area contributed by atoms with E-state index in [1.165, 1.54) is 12.8 Å². The van der Waals surface area contributed by atoms with Crippen molar-refractivity contribution in [1.82, 2.24) is 15.1 Å². The van der Waals surface area contributed by atoms with Gasteiger partial charge in [0.15, 0.2) is 0 Å². The summed E-state index contributed by atoms with van der Waals surface area (Å²) in [6.45, 7) is 1.32. The fraction of sp³-hybridized carbons (Fsp3) is 0.600. The lowest BCUT2D eigenvalue weighted by Gasteiger charge is -2.42. The van der Waals surface area contributed by atoms with E-state index in [1.54, 1.807) is 0 Å². The first-order chi connectivity index (χ1) is 12.0. The molecule has 1 aromatic carbocycles. The minimum absolute atomic E-state index is 0.0106. The third kappa shape index (κ3) is 3.17. The zero-order valence-electron chi connectivity index (χ0n) is 15.0. The van der Waals surface area contributed by atoms with Gasteiger partial charge in [-0.1, -0.05) is 30.3 Å². The lowest BCUT2D eigenvalue weighted by molar-refractivity contribution is -0.143. The molecule has 2 saturated carbocycles. The lowest BCUT2D eigenvalue weighted by Crippen LogP contribution is -2.62. The number of likely N-dealkylation sites (tertiary alicyclic amines) is 1. The molecule has 1 aromatic rings. The predicted molar refractivity (Wildman–Crippen MR) is 95.7 cm³/mol. The second kappa shape index (κ2) is 6.45. The first-order valence-corrected chi connectivity index (χ1v) is 9.35. The average Bonchev–Trinajstić information content (AvgIpc) is 3.21. The summed E-state index contributed by atoms with van der Waals surface area (Å²) < 4.78 is 0. The Kier molecular flexibility index (Phi) is 4.28. The Hall–Kier alpha value is -1.88. The van der Waals surface area contributed by atoms with E-state index in [1.807, 2.05) is 54.2 Å². The lowest BCUT2D eigenvalue weighted by atomic mass is 9.98. The van der Waals surface area contributed by atoms with Crippen LogP contribution < -0.4 is 5.32 Å². The molecule has 2 aliphatic carbocycles. The van der Waals surface area contributed by atoms with Crippen LogP contribution in [0.25, 0.3) is 0 Å². The third-order valence-corrected chi connectivity index (χ3v) is 6.08. The smallest absolute Gasteiger partial charge is 0.242 e. The Morgan fingerprint density at radius 3 is 2.44 bits per heavy atom. The quantitative estimate of drug-likeness (QED) is 0.886. The molecular weight excluding hydrogens is 314 g/mol. The third-order valence-electron chi connectivity index (χ3n) is 6.08. The van der Waals surface area contributed by atoms with Crippen LogP contribution in [-0.2, 0) is 9.59 Å². The Labute approximate surface area is 149 Å². The minimum atomic E-state index is -0.298. The van der Waals surface area contributed by atoms with Gasteiger partial charge >= 0.3 is 0 Å². The second-order valence-electron chi connectivity index (χ2n) is 8.07. The highest BCUT2D eigenvalue weighted by molar-refractivity contribution is 5.84. The molecule has 0 bridgehead atoms. The van der Waals surface area contributed by atoms with Crippen molar-refractivity contribution in [2.75, 3.05) is 27.2 Å². The summed E-state index contributed by atoms with van der Waals surface area (Å²) in [7, 11) is 3.83. The van der Waals surface area contributed by atoms with E-state index >= 15 is 0 Å². The van der Waals surface area contributed by atoms with Gasteiger partial charge in [-0.3, -0.25) is 14.5 Å². The first-order valence-electron chi connectivity index (χ1n) is 9.35. The highest BCUT2D eigenvalue weighted by atomic mass is 16.2. The zero-order valence-corrected chi connectivity index (χ0v) is 15.0. The van der Waals surface area contributed by atoms with Crippen LogP contribution in [0.15, 0.2) is 30.3 Å². The fourth-order valence-corrected chi connectivity index (χ4v) is 4.59. The van der Waals surface area contributed by atoms with Gasteiger partial charge in [-0.05, 0) is 50.8 Å². The first kappa shape index (κ1) is 16.6. The highest BCUT2D eigenvalue weighted by Gasteiger charge is 2.52. The molecule has 4 rings (SSSR count). The van der Waals surface area contributed by atoms with Crippen LogP contribution in [-0.4, -0.2) is 54.8 Å². The molecule has 1 saturated heterocycles. The average molecular weight is 341 g/mol. The Morgan fingerprint density at radius 2 is 1.88 bits per heavy atom. The fourth-order valence-electron chi connectivity index (χ4n) is 4.59. The monoisotopic (exact) mass is 341 g/mol. The molecule has 0 aromatic heterocycles. The number of likely N-dealkylation sites (N-methyl/N-ethyl adjacent to an activating group) is 1. The van der Waals surface area contributed by atoms with E-state index in [0.29, 0.717) is 24.9 Å². The van der Waals surface area contributed by atoms with E-state index in [2.05, 4.69) is 5.32 Å². The van der Waals surface area contributed by atoms with Crippen molar-refractivity contribution >= 4 is 11.8 Å². The molecule has 0 radical (unpaired) electrons. The maximum absolute atomic E-state index is 12.7. The standard InChI is InChI=1S/C20H27N3O2/c1-22(2)18(13-6-4-3-5-7-13)19(24)21-15-11-23(12-15)20(25)16-9-8-14-10-17(14)16/h3-7,14-18H,8-12H2,1-2H3,(H,21,24)/t14-,16-,17+,18?/m1/s1. The number of hydrogen-bond acceptors (Lipinski definition) is 3. The molecule has 3 aliphatic rings.